The molecule has 0 saturated carbocycles. The summed E-state index contributed by atoms with van der Waals surface area (Å²) in [5.41, 5.74) is 0.859. The molecular weight excluding hydrogens is 312 g/mol. The fourth-order valence-corrected chi connectivity index (χ4v) is 3.31. The number of fused-ring (bicyclic) bond motifs is 1. The number of benzene rings is 2. The molecule has 0 spiro atoms. The Hall–Kier alpha value is -2.95. The van der Waals surface area contributed by atoms with Gasteiger partial charge in [-0.2, -0.15) is 0 Å². The lowest BCUT2D eigenvalue weighted by atomic mass is 9.96. The molecule has 0 radical (unpaired) electrons. The van der Waals surface area contributed by atoms with E-state index in [9.17, 15) is 4.79 Å². The standard InChI is InChI=1S/C20H20N4O/c25-19(23-18-7-6-15-4-1-2-5-17(15)14-18)16-8-12-24(13-9-16)20-21-10-3-11-22-20/h1-7,10-11,14,16H,8-9,12-13H2,(H,23,25). The maximum Gasteiger partial charge on any atom is 0.227 e. The first-order valence-corrected chi connectivity index (χ1v) is 8.61. The first-order chi connectivity index (χ1) is 12.3. The Morgan fingerprint density at radius 3 is 2.44 bits per heavy atom. The zero-order valence-electron chi connectivity index (χ0n) is 13.9. The van der Waals surface area contributed by atoms with Gasteiger partial charge in [-0.1, -0.05) is 30.3 Å². The number of amides is 1. The molecule has 1 N–H and O–H groups in total. The van der Waals surface area contributed by atoms with E-state index in [1.165, 1.54) is 5.39 Å². The lowest BCUT2D eigenvalue weighted by molar-refractivity contribution is -0.120. The van der Waals surface area contributed by atoms with Crippen molar-refractivity contribution in [1.29, 1.82) is 0 Å². The Kier molecular flexibility index (Phi) is 4.29. The molecule has 2 aromatic carbocycles. The van der Waals surface area contributed by atoms with Gasteiger partial charge in [0.25, 0.3) is 0 Å². The Morgan fingerprint density at radius 2 is 1.68 bits per heavy atom. The van der Waals surface area contributed by atoms with E-state index >= 15 is 0 Å². The van der Waals surface area contributed by atoms with Gasteiger partial charge in [-0.25, -0.2) is 9.97 Å². The number of nitrogens with one attached hydrogen (secondary N) is 1. The molecule has 25 heavy (non-hydrogen) atoms. The van der Waals surface area contributed by atoms with E-state index in [1.807, 2.05) is 36.4 Å². The van der Waals surface area contributed by atoms with Gasteiger partial charge in [0, 0.05) is 37.1 Å². The predicted octanol–water partition coefficient (Wildman–Crippen LogP) is 3.48. The van der Waals surface area contributed by atoms with E-state index in [-0.39, 0.29) is 11.8 Å². The third kappa shape index (κ3) is 3.45. The average Bonchev–Trinajstić information content (AvgIpc) is 2.69. The highest BCUT2D eigenvalue weighted by Gasteiger charge is 2.26. The van der Waals surface area contributed by atoms with Crippen molar-refractivity contribution in [2.24, 2.45) is 5.92 Å². The van der Waals surface area contributed by atoms with Gasteiger partial charge in [-0.05, 0) is 41.8 Å². The summed E-state index contributed by atoms with van der Waals surface area (Å²) in [5, 5.41) is 5.38. The van der Waals surface area contributed by atoms with Gasteiger partial charge in [0.05, 0.1) is 0 Å². The lowest BCUT2D eigenvalue weighted by Crippen LogP contribution is -2.39. The van der Waals surface area contributed by atoms with Crippen molar-refractivity contribution in [3.8, 4) is 0 Å². The fourth-order valence-electron chi connectivity index (χ4n) is 3.31. The highest BCUT2D eigenvalue weighted by atomic mass is 16.1. The number of nitrogens with zero attached hydrogens (tertiary/aromatic N) is 3. The summed E-state index contributed by atoms with van der Waals surface area (Å²) in [5.74, 6) is 0.881. The molecule has 4 rings (SSSR count). The molecule has 1 aliphatic rings. The van der Waals surface area contributed by atoms with Crippen LogP contribution in [-0.4, -0.2) is 29.0 Å². The highest BCUT2D eigenvalue weighted by molar-refractivity contribution is 5.95. The van der Waals surface area contributed by atoms with Crippen LogP contribution in [0.2, 0.25) is 0 Å². The first-order valence-electron chi connectivity index (χ1n) is 8.61. The topological polar surface area (TPSA) is 58.1 Å². The Morgan fingerprint density at radius 1 is 0.960 bits per heavy atom. The van der Waals surface area contributed by atoms with Crippen molar-refractivity contribution in [3.63, 3.8) is 0 Å². The molecule has 5 nitrogen and oxygen atoms in total. The van der Waals surface area contributed by atoms with Gasteiger partial charge >= 0.3 is 0 Å². The van der Waals surface area contributed by atoms with Crippen LogP contribution in [0, 0.1) is 5.92 Å². The van der Waals surface area contributed by atoms with Gasteiger partial charge in [-0.15, -0.1) is 0 Å². The third-order valence-corrected chi connectivity index (χ3v) is 4.72. The van der Waals surface area contributed by atoms with E-state index < -0.39 is 0 Å². The molecule has 0 bridgehead atoms. The number of aromatic nitrogens is 2. The molecule has 1 fully saturated rings. The zero-order valence-corrected chi connectivity index (χ0v) is 13.9. The van der Waals surface area contributed by atoms with Crippen LogP contribution in [0.25, 0.3) is 10.8 Å². The minimum atomic E-state index is 0.0337. The molecule has 1 saturated heterocycles. The first kappa shape index (κ1) is 15.6. The molecule has 126 valence electrons. The second-order valence-electron chi connectivity index (χ2n) is 6.36. The largest absolute Gasteiger partial charge is 0.341 e. The van der Waals surface area contributed by atoms with Crippen LogP contribution in [0.3, 0.4) is 0 Å². The summed E-state index contributed by atoms with van der Waals surface area (Å²) >= 11 is 0. The van der Waals surface area contributed by atoms with Crippen LogP contribution >= 0.6 is 0 Å². The van der Waals surface area contributed by atoms with Crippen molar-refractivity contribution in [3.05, 3.63) is 60.9 Å². The summed E-state index contributed by atoms with van der Waals surface area (Å²) in [7, 11) is 0. The Balaban J connectivity index is 1.38. The Labute approximate surface area is 146 Å². The average molecular weight is 332 g/mol. The second-order valence-corrected chi connectivity index (χ2v) is 6.36. The lowest BCUT2D eigenvalue weighted by Gasteiger charge is -2.31. The number of anilines is 2. The van der Waals surface area contributed by atoms with Crippen LogP contribution in [0.15, 0.2) is 60.9 Å². The molecule has 1 amide bonds. The summed E-state index contributed by atoms with van der Waals surface area (Å²) in [6.45, 7) is 1.61. The van der Waals surface area contributed by atoms with Gasteiger partial charge in [0.2, 0.25) is 11.9 Å². The normalized spacial score (nSPS) is 15.3. The zero-order chi connectivity index (χ0) is 17.1. The van der Waals surface area contributed by atoms with Crippen LogP contribution < -0.4 is 10.2 Å². The number of carbonyl (C=O) groups is 1. The number of piperidine rings is 1. The maximum absolute atomic E-state index is 12.6. The minimum absolute atomic E-state index is 0.0337. The van der Waals surface area contributed by atoms with Gasteiger partial charge in [0.1, 0.15) is 0 Å². The monoisotopic (exact) mass is 332 g/mol. The number of carbonyl (C=O) groups excluding carboxylic acids is 1. The summed E-state index contributed by atoms with van der Waals surface area (Å²) in [6, 6.07) is 16.0. The van der Waals surface area contributed by atoms with Crippen LogP contribution in [0.5, 0.6) is 0 Å². The van der Waals surface area contributed by atoms with Gasteiger partial charge in [0.15, 0.2) is 0 Å². The summed E-state index contributed by atoms with van der Waals surface area (Å²) in [6.07, 6.45) is 5.14. The van der Waals surface area contributed by atoms with E-state index in [2.05, 4.69) is 32.3 Å². The van der Waals surface area contributed by atoms with Crippen molar-refractivity contribution in [2.75, 3.05) is 23.3 Å². The number of rotatable bonds is 3. The van der Waals surface area contributed by atoms with Gasteiger partial charge in [-0.3, -0.25) is 4.79 Å². The third-order valence-electron chi connectivity index (χ3n) is 4.72. The van der Waals surface area contributed by atoms with Crippen molar-refractivity contribution in [1.82, 2.24) is 9.97 Å². The minimum Gasteiger partial charge on any atom is -0.341 e. The molecule has 1 aliphatic heterocycles. The molecule has 0 atom stereocenters. The molecule has 1 aromatic heterocycles. The van der Waals surface area contributed by atoms with Crippen molar-refractivity contribution in [2.45, 2.75) is 12.8 Å². The van der Waals surface area contributed by atoms with Gasteiger partial charge < -0.3 is 10.2 Å². The van der Waals surface area contributed by atoms with E-state index in [0.29, 0.717) is 0 Å². The fraction of sp³-hybridized carbons (Fsp3) is 0.250. The van der Waals surface area contributed by atoms with Crippen molar-refractivity contribution < 1.29 is 4.79 Å². The van der Waals surface area contributed by atoms with Crippen LogP contribution in [0.1, 0.15) is 12.8 Å². The van der Waals surface area contributed by atoms with Crippen LogP contribution in [-0.2, 0) is 4.79 Å². The van der Waals surface area contributed by atoms with E-state index in [0.717, 1.165) is 43.0 Å². The van der Waals surface area contributed by atoms with Crippen LogP contribution in [0.4, 0.5) is 11.6 Å². The van der Waals surface area contributed by atoms with E-state index in [1.54, 1.807) is 12.4 Å². The van der Waals surface area contributed by atoms with E-state index in [4.69, 9.17) is 0 Å². The quantitative estimate of drug-likeness (QED) is 0.798. The molecule has 5 heteroatoms. The second kappa shape index (κ2) is 6.89. The molecule has 0 aliphatic carbocycles. The maximum atomic E-state index is 12.6. The number of hydrogen-bond donors (Lipinski definition) is 1. The highest BCUT2D eigenvalue weighted by Crippen LogP contribution is 2.23. The molecule has 3 aromatic rings. The SMILES string of the molecule is O=C(Nc1ccc2ccccc2c1)C1CCN(c2ncccn2)CC1. The predicted molar refractivity (Wildman–Crippen MR) is 99.5 cm³/mol. The molecule has 2 heterocycles. The summed E-state index contributed by atoms with van der Waals surface area (Å²) < 4.78 is 0. The number of hydrogen-bond acceptors (Lipinski definition) is 4. The summed E-state index contributed by atoms with van der Waals surface area (Å²) in [4.78, 5) is 23.3. The molecule has 0 unspecified atom stereocenters. The molecular formula is C20H20N4O. The smallest absolute Gasteiger partial charge is 0.227 e. The Bertz CT molecular complexity index is 873. The van der Waals surface area contributed by atoms with Crippen molar-refractivity contribution >= 4 is 28.3 Å².